The molecule has 0 fully saturated rings. The van der Waals surface area contributed by atoms with Crippen LogP contribution in [-0.4, -0.2) is 4.98 Å². The summed E-state index contributed by atoms with van der Waals surface area (Å²) >= 11 is 1.81. The van der Waals surface area contributed by atoms with Crippen LogP contribution in [0.2, 0.25) is 0 Å². The number of fused-ring (bicyclic) bond motifs is 1. The van der Waals surface area contributed by atoms with Crippen molar-refractivity contribution in [1.82, 2.24) is 4.98 Å². The molecular formula is C15H21NS. The second-order valence-electron chi connectivity index (χ2n) is 6.72. The quantitative estimate of drug-likeness (QED) is 0.646. The standard InChI is InChI=1S/C15H21NS/c1-14(2,3)10-7-12-13(16-8-10)11(9-17-12)15(4,5)6/h7-9H,1-6H3. The zero-order valence-electron chi connectivity index (χ0n) is 11.6. The smallest absolute Gasteiger partial charge is 0.0847 e. The summed E-state index contributed by atoms with van der Waals surface area (Å²) in [5.41, 5.74) is 4.20. The number of pyridine rings is 1. The Morgan fingerprint density at radius 1 is 1.00 bits per heavy atom. The Bertz CT molecular complexity index is 538. The topological polar surface area (TPSA) is 12.9 Å². The number of thiophene rings is 1. The van der Waals surface area contributed by atoms with Gasteiger partial charge in [-0.15, -0.1) is 11.3 Å². The Kier molecular flexibility index (Phi) is 2.81. The van der Waals surface area contributed by atoms with Crippen molar-refractivity contribution in [1.29, 1.82) is 0 Å². The van der Waals surface area contributed by atoms with Crippen LogP contribution >= 0.6 is 11.3 Å². The van der Waals surface area contributed by atoms with Crippen LogP contribution in [0.1, 0.15) is 52.7 Å². The van der Waals surface area contributed by atoms with E-state index < -0.39 is 0 Å². The van der Waals surface area contributed by atoms with Crippen LogP contribution in [-0.2, 0) is 10.8 Å². The molecule has 0 aliphatic carbocycles. The molecule has 2 aromatic heterocycles. The summed E-state index contributed by atoms with van der Waals surface area (Å²) in [5.74, 6) is 0. The second-order valence-corrected chi connectivity index (χ2v) is 7.63. The van der Waals surface area contributed by atoms with Gasteiger partial charge in [-0.3, -0.25) is 4.98 Å². The van der Waals surface area contributed by atoms with Gasteiger partial charge in [0.15, 0.2) is 0 Å². The van der Waals surface area contributed by atoms with E-state index in [-0.39, 0.29) is 10.8 Å². The fourth-order valence-corrected chi connectivity index (χ4v) is 3.04. The third-order valence-electron chi connectivity index (χ3n) is 3.09. The molecule has 1 nitrogen and oxygen atoms in total. The number of nitrogens with zero attached hydrogens (tertiary/aromatic N) is 1. The summed E-state index contributed by atoms with van der Waals surface area (Å²) in [6.45, 7) is 13.4. The molecule has 0 saturated heterocycles. The molecule has 92 valence electrons. The lowest BCUT2D eigenvalue weighted by molar-refractivity contribution is 0.587. The monoisotopic (exact) mass is 247 g/mol. The fourth-order valence-electron chi connectivity index (χ4n) is 1.86. The van der Waals surface area contributed by atoms with Gasteiger partial charge in [-0.2, -0.15) is 0 Å². The minimum absolute atomic E-state index is 0.174. The summed E-state index contributed by atoms with van der Waals surface area (Å²) in [7, 11) is 0. The Balaban J connectivity index is 2.61. The third-order valence-corrected chi connectivity index (χ3v) is 4.00. The molecule has 2 heterocycles. The molecule has 17 heavy (non-hydrogen) atoms. The van der Waals surface area contributed by atoms with Crippen molar-refractivity contribution in [3.05, 3.63) is 28.8 Å². The van der Waals surface area contributed by atoms with Crippen LogP contribution in [0, 0.1) is 0 Å². The van der Waals surface area contributed by atoms with Crippen molar-refractivity contribution in [3.63, 3.8) is 0 Å². The Morgan fingerprint density at radius 3 is 2.18 bits per heavy atom. The molecule has 0 N–H and O–H groups in total. The first-order valence-corrected chi connectivity index (χ1v) is 6.96. The SMILES string of the molecule is CC(C)(C)c1cnc2c(C(C)(C)C)csc2c1. The molecule has 0 aromatic carbocycles. The molecule has 0 spiro atoms. The van der Waals surface area contributed by atoms with Crippen molar-refractivity contribution in [2.75, 3.05) is 0 Å². The van der Waals surface area contributed by atoms with E-state index >= 15 is 0 Å². The summed E-state index contributed by atoms with van der Waals surface area (Å²) in [6.07, 6.45) is 2.03. The van der Waals surface area contributed by atoms with E-state index in [1.165, 1.54) is 21.3 Å². The normalized spacial score (nSPS) is 13.3. The highest BCUT2D eigenvalue weighted by Crippen LogP contribution is 2.35. The first-order chi connectivity index (χ1) is 7.69. The lowest BCUT2D eigenvalue weighted by Crippen LogP contribution is -2.12. The highest BCUT2D eigenvalue weighted by atomic mass is 32.1. The van der Waals surface area contributed by atoms with E-state index in [4.69, 9.17) is 0 Å². The molecule has 0 radical (unpaired) electrons. The van der Waals surface area contributed by atoms with Gasteiger partial charge in [-0.05, 0) is 33.4 Å². The first kappa shape index (κ1) is 12.6. The van der Waals surface area contributed by atoms with Crippen LogP contribution in [0.4, 0.5) is 0 Å². The van der Waals surface area contributed by atoms with E-state index in [0.29, 0.717) is 0 Å². The second kappa shape index (κ2) is 3.81. The van der Waals surface area contributed by atoms with Crippen LogP contribution in [0.15, 0.2) is 17.6 Å². The molecule has 0 amide bonds. The maximum atomic E-state index is 4.68. The molecule has 2 aromatic rings. The van der Waals surface area contributed by atoms with Gasteiger partial charge in [0, 0.05) is 6.20 Å². The van der Waals surface area contributed by atoms with E-state index in [9.17, 15) is 0 Å². The van der Waals surface area contributed by atoms with Gasteiger partial charge in [0.25, 0.3) is 0 Å². The van der Waals surface area contributed by atoms with Gasteiger partial charge in [-0.25, -0.2) is 0 Å². The van der Waals surface area contributed by atoms with Crippen molar-refractivity contribution in [3.8, 4) is 0 Å². The molecule has 0 saturated carbocycles. The number of rotatable bonds is 0. The zero-order valence-corrected chi connectivity index (χ0v) is 12.4. The van der Waals surface area contributed by atoms with Crippen molar-refractivity contribution >= 4 is 21.6 Å². The first-order valence-electron chi connectivity index (χ1n) is 6.08. The molecule has 0 aliphatic rings. The zero-order chi connectivity index (χ0) is 12.8. The predicted octanol–water partition coefficient (Wildman–Crippen LogP) is 4.89. The van der Waals surface area contributed by atoms with E-state index in [1.807, 2.05) is 17.5 Å². The van der Waals surface area contributed by atoms with Crippen molar-refractivity contribution < 1.29 is 0 Å². The number of hydrogen-bond acceptors (Lipinski definition) is 2. The van der Waals surface area contributed by atoms with E-state index in [0.717, 1.165) is 0 Å². The highest BCUT2D eigenvalue weighted by molar-refractivity contribution is 7.17. The summed E-state index contributed by atoms with van der Waals surface area (Å²) in [4.78, 5) is 4.68. The van der Waals surface area contributed by atoms with Gasteiger partial charge in [-0.1, -0.05) is 41.5 Å². The van der Waals surface area contributed by atoms with Gasteiger partial charge in [0.2, 0.25) is 0 Å². The van der Waals surface area contributed by atoms with Gasteiger partial charge < -0.3 is 0 Å². The van der Waals surface area contributed by atoms with Gasteiger partial charge in [0.05, 0.1) is 10.2 Å². The average molecular weight is 247 g/mol. The largest absolute Gasteiger partial charge is 0.255 e. The summed E-state index contributed by atoms with van der Waals surface area (Å²) in [6, 6.07) is 2.29. The number of hydrogen-bond donors (Lipinski definition) is 0. The molecule has 2 heteroatoms. The highest BCUT2D eigenvalue weighted by Gasteiger charge is 2.21. The molecule has 0 bridgehead atoms. The van der Waals surface area contributed by atoms with Gasteiger partial charge >= 0.3 is 0 Å². The van der Waals surface area contributed by atoms with Crippen LogP contribution < -0.4 is 0 Å². The van der Waals surface area contributed by atoms with Crippen LogP contribution in [0.3, 0.4) is 0 Å². The van der Waals surface area contributed by atoms with Crippen LogP contribution in [0.5, 0.6) is 0 Å². The summed E-state index contributed by atoms with van der Waals surface area (Å²) < 4.78 is 1.31. The minimum atomic E-state index is 0.174. The van der Waals surface area contributed by atoms with Crippen LogP contribution in [0.25, 0.3) is 10.2 Å². The lowest BCUT2D eigenvalue weighted by atomic mass is 9.86. The summed E-state index contributed by atoms with van der Waals surface area (Å²) in [5, 5.41) is 2.25. The molecule has 0 aliphatic heterocycles. The molecule has 0 unspecified atom stereocenters. The Hall–Kier alpha value is -0.890. The Morgan fingerprint density at radius 2 is 1.65 bits per heavy atom. The van der Waals surface area contributed by atoms with E-state index in [2.05, 4.69) is 58.0 Å². The lowest BCUT2D eigenvalue weighted by Gasteiger charge is -2.19. The fraction of sp³-hybridized carbons (Fsp3) is 0.533. The van der Waals surface area contributed by atoms with Gasteiger partial charge in [0.1, 0.15) is 0 Å². The maximum absolute atomic E-state index is 4.68. The molecule has 2 rings (SSSR count). The molecule has 0 atom stereocenters. The Labute approximate surface area is 108 Å². The maximum Gasteiger partial charge on any atom is 0.0847 e. The minimum Gasteiger partial charge on any atom is -0.255 e. The average Bonchev–Trinajstić information content (AvgIpc) is 2.57. The van der Waals surface area contributed by atoms with Crippen molar-refractivity contribution in [2.45, 2.75) is 52.4 Å². The molecular weight excluding hydrogens is 226 g/mol. The van der Waals surface area contributed by atoms with E-state index in [1.54, 1.807) is 0 Å². The van der Waals surface area contributed by atoms with Crippen molar-refractivity contribution in [2.24, 2.45) is 0 Å². The third kappa shape index (κ3) is 2.37. The predicted molar refractivity (Wildman–Crippen MR) is 77.0 cm³/mol. The number of aromatic nitrogens is 1.